The van der Waals surface area contributed by atoms with Crippen LogP contribution in [0.15, 0.2) is 35.8 Å². The smallest absolute Gasteiger partial charge is 0.241 e. The van der Waals surface area contributed by atoms with Crippen LogP contribution in [0, 0.1) is 0 Å². The van der Waals surface area contributed by atoms with Crippen molar-refractivity contribution < 1.29 is 4.79 Å². The molecule has 1 amide bonds. The molecule has 1 unspecified atom stereocenters. The number of hydrogen-bond donors (Lipinski definition) is 2. The van der Waals surface area contributed by atoms with Crippen LogP contribution in [0.4, 0.5) is 5.69 Å². The number of benzene rings is 1. The van der Waals surface area contributed by atoms with E-state index in [1.54, 1.807) is 17.5 Å². The average molecular weight is 301 g/mol. The Morgan fingerprint density at radius 2 is 2.10 bits per heavy atom. The Balaban J connectivity index is 1.63. The van der Waals surface area contributed by atoms with Gasteiger partial charge in [0.1, 0.15) is 5.01 Å². The molecule has 2 N–H and O–H groups in total. The molecule has 110 valence electrons. The molecule has 1 saturated heterocycles. The number of carbonyl (C=O) groups excluding carboxylic acids is 1. The summed E-state index contributed by atoms with van der Waals surface area (Å²) in [5, 5.41) is 9.27. The zero-order chi connectivity index (χ0) is 14.5. The average Bonchev–Trinajstić information content (AvgIpc) is 2.90. The van der Waals surface area contributed by atoms with Crippen molar-refractivity contribution in [3.63, 3.8) is 0 Å². The SMILES string of the molecule is O=C(Nc1ccc(-c2nccs2)cc1)C1CCCCCN1. The zero-order valence-electron chi connectivity index (χ0n) is 11.8. The summed E-state index contributed by atoms with van der Waals surface area (Å²) in [6.07, 6.45) is 6.20. The fourth-order valence-electron chi connectivity index (χ4n) is 2.54. The number of carbonyl (C=O) groups is 1. The van der Waals surface area contributed by atoms with Crippen molar-refractivity contribution in [1.82, 2.24) is 10.3 Å². The largest absolute Gasteiger partial charge is 0.325 e. The summed E-state index contributed by atoms with van der Waals surface area (Å²) in [6.45, 7) is 0.932. The standard InChI is InChI=1S/C16H19N3OS/c20-15(14-4-2-1-3-9-17-14)19-13-7-5-12(6-8-13)16-18-10-11-21-16/h5-8,10-11,14,17H,1-4,9H2,(H,19,20). The molecular weight excluding hydrogens is 282 g/mol. The number of rotatable bonds is 3. The van der Waals surface area contributed by atoms with Gasteiger partial charge in [-0.3, -0.25) is 4.79 Å². The highest BCUT2D eigenvalue weighted by Gasteiger charge is 2.19. The third-order valence-electron chi connectivity index (χ3n) is 3.71. The molecule has 1 aliphatic rings. The van der Waals surface area contributed by atoms with Crippen LogP contribution in [0.25, 0.3) is 10.6 Å². The van der Waals surface area contributed by atoms with Crippen LogP contribution in [0.3, 0.4) is 0 Å². The first-order valence-corrected chi connectivity index (χ1v) is 8.25. The maximum atomic E-state index is 12.2. The molecule has 1 aromatic heterocycles. The van der Waals surface area contributed by atoms with Crippen LogP contribution in [0.2, 0.25) is 0 Å². The summed E-state index contributed by atoms with van der Waals surface area (Å²) in [6, 6.07) is 7.80. The molecule has 1 fully saturated rings. The molecule has 0 saturated carbocycles. The molecule has 2 heterocycles. The summed E-state index contributed by atoms with van der Waals surface area (Å²) >= 11 is 1.61. The highest BCUT2D eigenvalue weighted by Crippen LogP contribution is 2.23. The van der Waals surface area contributed by atoms with Crippen molar-refractivity contribution in [1.29, 1.82) is 0 Å². The first kappa shape index (κ1) is 14.2. The van der Waals surface area contributed by atoms with Crippen LogP contribution < -0.4 is 10.6 Å². The van der Waals surface area contributed by atoms with Crippen molar-refractivity contribution >= 4 is 22.9 Å². The van der Waals surface area contributed by atoms with Crippen molar-refractivity contribution in [2.24, 2.45) is 0 Å². The fraction of sp³-hybridized carbons (Fsp3) is 0.375. The molecule has 1 aromatic carbocycles. The van der Waals surface area contributed by atoms with Crippen molar-refractivity contribution in [3.8, 4) is 10.6 Å². The van der Waals surface area contributed by atoms with Crippen LogP contribution in [-0.2, 0) is 4.79 Å². The minimum absolute atomic E-state index is 0.0638. The van der Waals surface area contributed by atoms with Gasteiger partial charge in [0.25, 0.3) is 0 Å². The van der Waals surface area contributed by atoms with Gasteiger partial charge in [0.2, 0.25) is 5.91 Å². The van der Waals surface area contributed by atoms with E-state index in [1.165, 1.54) is 6.42 Å². The van der Waals surface area contributed by atoms with E-state index in [-0.39, 0.29) is 11.9 Å². The van der Waals surface area contributed by atoms with Crippen LogP contribution in [0.5, 0.6) is 0 Å². The molecule has 5 heteroatoms. The van der Waals surface area contributed by atoms with Gasteiger partial charge in [-0.1, -0.05) is 12.8 Å². The Hall–Kier alpha value is -1.72. The second kappa shape index (κ2) is 6.83. The van der Waals surface area contributed by atoms with E-state index in [2.05, 4.69) is 15.6 Å². The Morgan fingerprint density at radius 1 is 1.24 bits per heavy atom. The van der Waals surface area contributed by atoms with Gasteiger partial charge in [0.05, 0.1) is 6.04 Å². The molecule has 21 heavy (non-hydrogen) atoms. The molecule has 2 aromatic rings. The second-order valence-corrected chi connectivity index (χ2v) is 6.15. The lowest BCUT2D eigenvalue weighted by atomic mass is 10.1. The van der Waals surface area contributed by atoms with Gasteiger partial charge in [-0.15, -0.1) is 11.3 Å². The van der Waals surface area contributed by atoms with Crippen LogP contribution >= 0.6 is 11.3 Å². The number of hydrogen-bond acceptors (Lipinski definition) is 4. The van der Waals surface area contributed by atoms with Gasteiger partial charge in [0, 0.05) is 22.8 Å². The van der Waals surface area contributed by atoms with E-state index >= 15 is 0 Å². The topological polar surface area (TPSA) is 54.0 Å². The van der Waals surface area contributed by atoms with Gasteiger partial charge in [-0.05, 0) is 43.7 Å². The summed E-state index contributed by atoms with van der Waals surface area (Å²) in [5.41, 5.74) is 1.92. The molecule has 1 atom stereocenters. The predicted molar refractivity (Wildman–Crippen MR) is 86.4 cm³/mol. The normalized spacial score (nSPS) is 19.0. The van der Waals surface area contributed by atoms with E-state index in [0.29, 0.717) is 0 Å². The molecule has 4 nitrogen and oxygen atoms in total. The van der Waals surface area contributed by atoms with Gasteiger partial charge in [-0.2, -0.15) is 0 Å². The fourth-order valence-corrected chi connectivity index (χ4v) is 3.19. The van der Waals surface area contributed by atoms with E-state index in [4.69, 9.17) is 0 Å². The number of anilines is 1. The van der Waals surface area contributed by atoms with E-state index in [0.717, 1.165) is 42.1 Å². The molecule has 0 radical (unpaired) electrons. The Bertz CT molecular complexity index is 572. The molecule has 0 spiro atoms. The van der Waals surface area contributed by atoms with Crippen molar-refractivity contribution in [3.05, 3.63) is 35.8 Å². The maximum Gasteiger partial charge on any atom is 0.241 e. The highest BCUT2D eigenvalue weighted by atomic mass is 32.1. The minimum Gasteiger partial charge on any atom is -0.325 e. The highest BCUT2D eigenvalue weighted by molar-refractivity contribution is 7.13. The van der Waals surface area contributed by atoms with Gasteiger partial charge >= 0.3 is 0 Å². The summed E-state index contributed by atoms with van der Waals surface area (Å²) in [7, 11) is 0. The molecular formula is C16H19N3OS. The minimum atomic E-state index is -0.0638. The second-order valence-electron chi connectivity index (χ2n) is 5.26. The summed E-state index contributed by atoms with van der Waals surface area (Å²) in [4.78, 5) is 16.5. The van der Waals surface area contributed by atoms with Gasteiger partial charge < -0.3 is 10.6 Å². The monoisotopic (exact) mass is 301 g/mol. The molecule has 1 aliphatic heterocycles. The van der Waals surface area contributed by atoms with Gasteiger partial charge in [-0.25, -0.2) is 4.98 Å². The first-order valence-electron chi connectivity index (χ1n) is 7.37. The first-order chi connectivity index (χ1) is 10.3. The van der Waals surface area contributed by atoms with Gasteiger partial charge in [0.15, 0.2) is 0 Å². The molecule has 3 rings (SSSR count). The van der Waals surface area contributed by atoms with Crippen molar-refractivity contribution in [2.75, 3.05) is 11.9 Å². The van der Waals surface area contributed by atoms with E-state index in [9.17, 15) is 4.79 Å². The van der Waals surface area contributed by atoms with Crippen molar-refractivity contribution in [2.45, 2.75) is 31.7 Å². The summed E-state index contributed by atoms with van der Waals surface area (Å²) in [5.74, 6) is 0.0684. The predicted octanol–water partition coefficient (Wildman–Crippen LogP) is 3.28. The quantitative estimate of drug-likeness (QED) is 0.914. The Labute approximate surface area is 128 Å². The number of amides is 1. The van der Waals surface area contributed by atoms with E-state index < -0.39 is 0 Å². The lowest BCUT2D eigenvalue weighted by Gasteiger charge is -2.15. The van der Waals surface area contributed by atoms with Crippen LogP contribution in [-0.4, -0.2) is 23.5 Å². The maximum absolute atomic E-state index is 12.2. The Morgan fingerprint density at radius 3 is 2.86 bits per heavy atom. The number of aromatic nitrogens is 1. The number of thiazole rings is 1. The summed E-state index contributed by atoms with van der Waals surface area (Å²) < 4.78 is 0. The zero-order valence-corrected chi connectivity index (χ0v) is 12.7. The third kappa shape index (κ3) is 3.68. The van der Waals surface area contributed by atoms with Crippen LogP contribution in [0.1, 0.15) is 25.7 Å². The lowest BCUT2D eigenvalue weighted by molar-refractivity contribution is -0.118. The lowest BCUT2D eigenvalue weighted by Crippen LogP contribution is -2.39. The molecule has 0 aliphatic carbocycles. The number of nitrogens with zero attached hydrogens (tertiary/aromatic N) is 1. The number of nitrogens with one attached hydrogen (secondary N) is 2. The molecule has 0 bridgehead atoms. The Kier molecular flexibility index (Phi) is 4.62. The van der Waals surface area contributed by atoms with E-state index in [1.807, 2.05) is 29.6 Å². The third-order valence-corrected chi connectivity index (χ3v) is 4.53.